The average molecular weight is 493 g/mol. The van der Waals surface area contributed by atoms with Crippen LogP contribution in [0.1, 0.15) is 37.8 Å². The van der Waals surface area contributed by atoms with Crippen LogP contribution in [0.25, 0.3) is 0 Å². The fourth-order valence-electron chi connectivity index (χ4n) is 5.14. The number of carbonyl (C=O) groups excluding carboxylic acids is 4. The molecule has 0 radical (unpaired) electrons. The fraction of sp³-hybridized carbons (Fsp3) is 0.407. The number of likely N-dealkylation sites (N-methyl/N-ethyl adjacent to an activating group) is 1. The number of hydrogen-bond donors (Lipinski definition) is 2. The smallest absolute Gasteiger partial charge is 0.410 e. The lowest BCUT2D eigenvalue weighted by Gasteiger charge is -2.33. The number of carbonyl (C=O) groups is 4. The molecule has 1 spiro atoms. The van der Waals surface area contributed by atoms with Crippen LogP contribution in [-0.4, -0.2) is 59.3 Å². The summed E-state index contributed by atoms with van der Waals surface area (Å²) < 4.78 is 5.46. The van der Waals surface area contributed by atoms with Gasteiger partial charge in [0.25, 0.3) is 0 Å². The van der Waals surface area contributed by atoms with Crippen molar-refractivity contribution in [3.05, 3.63) is 65.7 Å². The van der Waals surface area contributed by atoms with E-state index in [1.807, 2.05) is 62.4 Å². The second-order valence-electron chi connectivity index (χ2n) is 9.97. The predicted molar refractivity (Wildman–Crippen MR) is 134 cm³/mol. The molecule has 0 bridgehead atoms. The van der Waals surface area contributed by atoms with Crippen LogP contribution in [0.3, 0.4) is 0 Å². The average Bonchev–Trinajstić information content (AvgIpc) is 3.40. The number of ether oxygens (including phenoxy) is 1. The van der Waals surface area contributed by atoms with E-state index in [4.69, 9.17) is 10.5 Å². The van der Waals surface area contributed by atoms with Crippen LogP contribution in [0.5, 0.6) is 0 Å². The molecule has 1 fully saturated rings. The normalized spacial score (nSPS) is 21.3. The highest BCUT2D eigenvalue weighted by Gasteiger charge is 2.57. The van der Waals surface area contributed by atoms with Crippen molar-refractivity contribution in [2.75, 3.05) is 18.9 Å². The van der Waals surface area contributed by atoms with Gasteiger partial charge in [-0.25, -0.2) is 4.79 Å². The minimum Gasteiger partial charge on any atom is -0.445 e. The Hall–Kier alpha value is -3.88. The van der Waals surface area contributed by atoms with E-state index >= 15 is 0 Å². The predicted octanol–water partition coefficient (Wildman–Crippen LogP) is 2.65. The number of para-hydroxylation sites is 1. The molecule has 0 aliphatic carbocycles. The minimum absolute atomic E-state index is 0.00375. The van der Waals surface area contributed by atoms with E-state index in [2.05, 4.69) is 5.32 Å². The molecule has 2 heterocycles. The van der Waals surface area contributed by atoms with Crippen LogP contribution in [0.2, 0.25) is 0 Å². The molecule has 9 heteroatoms. The molecule has 2 aromatic rings. The summed E-state index contributed by atoms with van der Waals surface area (Å²) in [7, 11) is 1.51. The van der Waals surface area contributed by atoms with E-state index < -0.39 is 35.4 Å². The number of nitrogens with one attached hydrogen (secondary N) is 1. The van der Waals surface area contributed by atoms with Crippen molar-refractivity contribution < 1.29 is 23.9 Å². The van der Waals surface area contributed by atoms with Gasteiger partial charge in [0, 0.05) is 19.3 Å². The van der Waals surface area contributed by atoms with Crippen molar-refractivity contribution in [1.82, 2.24) is 9.80 Å². The second kappa shape index (κ2) is 10.0. The minimum atomic E-state index is -1.07. The Morgan fingerprint density at radius 1 is 1.14 bits per heavy atom. The highest BCUT2D eigenvalue weighted by Crippen LogP contribution is 2.46. The molecule has 0 aromatic heterocycles. The Morgan fingerprint density at radius 3 is 2.47 bits per heavy atom. The second-order valence-corrected chi connectivity index (χ2v) is 9.97. The topological polar surface area (TPSA) is 122 Å². The van der Waals surface area contributed by atoms with Crippen LogP contribution in [0.4, 0.5) is 10.5 Å². The molecular formula is C27H32N4O5. The first-order valence-electron chi connectivity index (χ1n) is 12.1. The summed E-state index contributed by atoms with van der Waals surface area (Å²) in [5.41, 5.74) is 6.89. The molecule has 4 rings (SSSR count). The first-order valence-corrected chi connectivity index (χ1v) is 12.1. The van der Waals surface area contributed by atoms with E-state index in [-0.39, 0.29) is 31.4 Å². The van der Waals surface area contributed by atoms with Gasteiger partial charge in [0.15, 0.2) is 0 Å². The fourth-order valence-corrected chi connectivity index (χ4v) is 5.14. The van der Waals surface area contributed by atoms with Gasteiger partial charge >= 0.3 is 6.09 Å². The molecule has 1 unspecified atom stereocenters. The van der Waals surface area contributed by atoms with Crippen LogP contribution in [-0.2, 0) is 31.1 Å². The first-order chi connectivity index (χ1) is 17.1. The number of primary amides is 1. The molecule has 190 valence electrons. The summed E-state index contributed by atoms with van der Waals surface area (Å²) >= 11 is 0. The van der Waals surface area contributed by atoms with E-state index in [1.54, 1.807) is 6.07 Å². The third kappa shape index (κ3) is 4.65. The van der Waals surface area contributed by atoms with Crippen LogP contribution in [0.15, 0.2) is 54.6 Å². The Labute approximate surface area is 210 Å². The van der Waals surface area contributed by atoms with Crippen molar-refractivity contribution in [3.8, 4) is 0 Å². The monoisotopic (exact) mass is 492 g/mol. The summed E-state index contributed by atoms with van der Waals surface area (Å²) in [6, 6.07) is 14.7. The Balaban J connectivity index is 1.59. The number of anilines is 1. The molecule has 3 atom stereocenters. The number of nitrogens with zero attached hydrogens (tertiary/aromatic N) is 2. The van der Waals surface area contributed by atoms with Gasteiger partial charge in [-0.3, -0.25) is 19.3 Å². The third-order valence-corrected chi connectivity index (χ3v) is 7.04. The molecule has 0 saturated carbocycles. The van der Waals surface area contributed by atoms with Gasteiger partial charge in [-0.15, -0.1) is 0 Å². The molecule has 2 aromatic carbocycles. The molecule has 2 aliphatic heterocycles. The summed E-state index contributed by atoms with van der Waals surface area (Å²) in [5.74, 6) is -1.31. The molecule has 9 nitrogen and oxygen atoms in total. The van der Waals surface area contributed by atoms with Gasteiger partial charge in [-0.1, -0.05) is 62.4 Å². The Kier molecular flexibility index (Phi) is 7.01. The number of rotatable bonds is 7. The van der Waals surface area contributed by atoms with E-state index in [1.165, 1.54) is 16.8 Å². The molecular weight excluding hydrogens is 460 g/mol. The van der Waals surface area contributed by atoms with Gasteiger partial charge in [0.1, 0.15) is 18.7 Å². The molecule has 3 N–H and O–H groups in total. The molecule has 4 amide bonds. The first kappa shape index (κ1) is 25.2. The number of amides is 4. The molecule has 2 aliphatic rings. The maximum atomic E-state index is 13.9. The Bertz CT molecular complexity index is 1170. The third-order valence-electron chi connectivity index (χ3n) is 7.04. The lowest BCUT2D eigenvalue weighted by Crippen LogP contribution is -2.54. The SMILES string of the molecule is CC(C)CC(C(=O)N1C[C@]2(C[C@H]1C(N)=O)C(=O)Nc1ccccc12)N(C)C(=O)OCc1ccccc1. The number of hydrogen-bond acceptors (Lipinski definition) is 5. The number of fused-ring (bicyclic) bond motifs is 2. The van der Waals surface area contributed by atoms with Gasteiger partial charge in [-0.05, 0) is 36.0 Å². The number of benzene rings is 2. The highest BCUT2D eigenvalue weighted by atomic mass is 16.6. The van der Waals surface area contributed by atoms with Gasteiger partial charge in [-0.2, -0.15) is 0 Å². The van der Waals surface area contributed by atoms with E-state index in [9.17, 15) is 19.2 Å². The summed E-state index contributed by atoms with van der Waals surface area (Å²) in [5, 5.41) is 2.87. The summed E-state index contributed by atoms with van der Waals surface area (Å²) in [6.07, 6.45) is -0.201. The zero-order chi connectivity index (χ0) is 26.0. The maximum absolute atomic E-state index is 13.9. The van der Waals surface area contributed by atoms with E-state index in [0.717, 1.165) is 11.1 Å². The lowest BCUT2D eigenvalue weighted by atomic mass is 9.79. The quantitative estimate of drug-likeness (QED) is 0.615. The summed E-state index contributed by atoms with van der Waals surface area (Å²) in [6.45, 7) is 3.96. The lowest BCUT2D eigenvalue weighted by molar-refractivity contribution is -0.141. The van der Waals surface area contributed by atoms with Crippen molar-refractivity contribution >= 4 is 29.5 Å². The zero-order valence-electron chi connectivity index (χ0n) is 20.8. The summed E-state index contributed by atoms with van der Waals surface area (Å²) in [4.78, 5) is 55.1. The largest absolute Gasteiger partial charge is 0.445 e. The van der Waals surface area contributed by atoms with Gasteiger partial charge < -0.3 is 20.7 Å². The van der Waals surface area contributed by atoms with Crippen LogP contribution < -0.4 is 11.1 Å². The molecule has 36 heavy (non-hydrogen) atoms. The Morgan fingerprint density at radius 2 is 1.81 bits per heavy atom. The van der Waals surface area contributed by atoms with Crippen LogP contribution >= 0.6 is 0 Å². The van der Waals surface area contributed by atoms with Crippen molar-refractivity contribution in [1.29, 1.82) is 0 Å². The number of likely N-dealkylation sites (tertiary alicyclic amines) is 1. The van der Waals surface area contributed by atoms with Crippen molar-refractivity contribution in [2.24, 2.45) is 11.7 Å². The highest BCUT2D eigenvalue weighted by molar-refractivity contribution is 6.08. The van der Waals surface area contributed by atoms with Crippen molar-refractivity contribution in [3.63, 3.8) is 0 Å². The zero-order valence-corrected chi connectivity index (χ0v) is 20.8. The number of nitrogens with two attached hydrogens (primary N) is 1. The van der Waals surface area contributed by atoms with E-state index in [0.29, 0.717) is 12.1 Å². The maximum Gasteiger partial charge on any atom is 0.410 e. The van der Waals surface area contributed by atoms with Gasteiger partial charge in [0.05, 0.1) is 5.41 Å². The molecule has 1 saturated heterocycles. The van der Waals surface area contributed by atoms with Crippen molar-refractivity contribution in [2.45, 2.75) is 50.8 Å². The van der Waals surface area contributed by atoms with Crippen LogP contribution in [0, 0.1) is 5.92 Å². The van der Waals surface area contributed by atoms with Gasteiger partial charge in [0.2, 0.25) is 17.7 Å². The standard InChI is InChI=1S/C27H32N4O5/c1-17(2)13-21(30(3)26(35)36-15-18-9-5-4-6-10-18)24(33)31-16-27(14-22(31)23(28)32)19-11-7-8-12-20(19)29-25(27)34/h4-12,17,21-22H,13-16H2,1-3H3,(H2,28,32)(H,29,34)/t21?,22-,27-/m0/s1.